The molecule has 4 heterocycles. The van der Waals surface area contributed by atoms with Crippen LogP contribution in [0, 0.1) is 5.92 Å². The minimum atomic E-state index is 0.444. The van der Waals surface area contributed by atoms with E-state index in [1.807, 2.05) is 6.20 Å². The van der Waals surface area contributed by atoms with Crippen molar-refractivity contribution in [1.29, 1.82) is 0 Å². The molecule has 0 bridgehead atoms. The molecule has 0 aromatic carbocycles. The van der Waals surface area contributed by atoms with E-state index >= 15 is 0 Å². The van der Waals surface area contributed by atoms with Gasteiger partial charge in [0.2, 0.25) is 0 Å². The summed E-state index contributed by atoms with van der Waals surface area (Å²) in [6, 6.07) is 0.444. The van der Waals surface area contributed by atoms with E-state index in [0.717, 1.165) is 41.7 Å². The van der Waals surface area contributed by atoms with Gasteiger partial charge in [-0.05, 0) is 18.8 Å². The molecule has 1 fully saturated rings. The van der Waals surface area contributed by atoms with Crippen molar-refractivity contribution >= 4 is 16.9 Å². The average molecular weight is 244 g/mol. The molecule has 94 valence electrons. The Morgan fingerprint density at radius 1 is 1.44 bits per heavy atom. The van der Waals surface area contributed by atoms with E-state index in [1.165, 1.54) is 12.8 Å². The van der Waals surface area contributed by atoms with Crippen LogP contribution in [0.5, 0.6) is 5.75 Å². The molecule has 18 heavy (non-hydrogen) atoms. The summed E-state index contributed by atoms with van der Waals surface area (Å²) < 4.78 is 5.93. The van der Waals surface area contributed by atoms with E-state index in [2.05, 4.69) is 26.8 Å². The number of H-pyrrole nitrogens is 1. The molecule has 2 aliphatic heterocycles. The molecule has 0 radical (unpaired) electrons. The van der Waals surface area contributed by atoms with Crippen molar-refractivity contribution in [2.75, 3.05) is 18.1 Å². The van der Waals surface area contributed by atoms with Crippen molar-refractivity contribution in [3.8, 4) is 5.75 Å². The molecule has 1 saturated heterocycles. The molecule has 2 atom stereocenters. The van der Waals surface area contributed by atoms with Crippen molar-refractivity contribution < 1.29 is 4.74 Å². The van der Waals surface area contributed by atoms with Crippen molar-refractivity contribution in [3.05, 3.63) is 12.5 Å². The van der Waals surface area contributed by atoms with Crippen LogP contribution in [0.3, 0.4) is 0 Å². The monoisotopic (exact) mass is 244 g/mol. The Balaban J connectivity index is 1.89. The highest BCUT2D eigenvalue weighted by atomic mass is 16.5. The zero-order valence-corrected chi connectivity index (χ0v) is 10.4. The second-order valence-corrected chi connectivity index (χ2v) is 5.36. The predicted octanol–water partition coefficient (Wildman–Crippen LogP) is 1.96. The number of hydrogen-bond acceptors (Lipinski definition) is 4. The van der Waals surface area contributed by atoms with Crippen LogP contribution in [0.4, 0.5) is 5.82 Å². The first-order chi connectivity index (χ1) is 8.83. The molecule has 1 N–H and O–H groups in total. The summed E-state index contributed by atoms with van der Waals surface area (Å²) >= 11 is 0. The fourth-order valence-corrected chi connectivity index (χ4v) is 3.12. The maximum Gasteiger partial charge on any atom is 0.150 e. The zero-order chi connectivity index (χ0) is 12.1. The van der Waals surface area contributed by atoms with Crippen LogP contribution in [0.2, 0.25) is 0 Å². The van der Waals surface area contributed by atoms with Crippen LogP contribution in [0.15, 0.2) is 12.5 Å². The molecule has 5 heteroatoms. The average Bonchev–Trinajstić information content (AvgIpc) is 2.72. The fraction of sp³-hybridized carbons (Fsp3) is 0.538. The van der Waals surface area contributed by atoms with Crippen LogP contribution < -0.4 is 9.64 Å². The highest BCUT2D eigenvalue weighted by Gasteiger charge is 2.32. The lowest BCUT2D eigenvalue weighted by atomic mass is 9.93. The maximum atomic E-state index is 5.93. The van der Waals surface area contributed by atoms with Crippen LogP contribution >= 0.6 is 0 Å². The summed E-state index contributed by atoms with van der Waals surface area (Å²) in [6.45, 7) is 4.12. The first kappa shape index (κ1) is 10.2. The number of ether oxygens (including phenoxy) is 1. The van der Waals surface area contributed by atoms with E-state index < -0.39 is 0 Å². The van der Waals surface area contributed by atoms with Gasteiger partial charge in [0.15, 0.2) is 0 Å². The van der Waals surface area contributed by atoms with Gasteiger partial charge in [0.05, 0.1) is 6.04 Å². The molecule has 2 aliphatic rings. The summed E-state index contributed by atoms with van der Waals surface area (Å²) in [5, 5.41) is 1.04. The second kappa shape index (κ2) is 3.60. The molecule has 0 spiro atoms. The van der Waals surface area contributed by atoms with Gasteiger partial charge in [-0.3, -0.25) is 0 Å². The summed E-state index contributed by atoms with van der Waals surface area (Å²) in [7, 11) is 0. The SMILES string of the molecule is CC1CCN2c3ncnc4[nH]cc(c34)OCC2C1. The molecule has 4 rings (SSSR count). The summed E-state index contributed by atoms with van der Waals surface area (Å²) in [5.74, 6) is 2.69. The maximum absolute atomic E-state index is 5.93. The normalized spacial score (nSPS) is 26.6. The zero-order valence-electron chi connectivity index (χ0n) is 10.4. The minimum absolute atomic E-state index is 0.444. The molecule has 2 aromatic heterocycles. The van der Waals surface area contributed by atoms with E-state index in [1.54, 1.807) is 6.33 Å². The van der Waals surface area contributed by atoms with Gasteiger partial charge in [0, 0.05) is 12.7 Å². The summed E-state index contributed by atoms with van der Waals surface area (Å²) in [5.41, 5.74) is 0.870. The van der Waals surface area contributed by atoms with Crippen molar-refractivity contribution in [2.45, 2.75) is 25.8 Å². The molecule has 2 aromatic rings. The molecule has 5 nitrogen and oxygen atoms in total. The summed E-state index contributed by atoms with van der Waals surface area (Å²) in [4.78, 5) is 14.3. The minimum Gasteiger partial charge on any atom is -0.489 e. The second-order valence-electron chi connectivity index (χ2n) is 5.36. The Labute approximate surface area is 105 Å². The van der Waals surface area contributed by atoms with Gasteiger partial charge in [-0.1, -0.05) is 6.92 Å². The Morgan fingerprint density at radius 3 is 3.33 bits per heavy atom. The number of fused-ring (bicyclic) bond motifs is 2. The number of hydrogen-bond donors (Lipinski definition) is 1. The standard InChI is InChI=1S/C13H16N4O/c1-8-2-3-17-9(4-8)6-18-10-5-14-12-11(10)13(17)16-7-15-12/h5,7-9H,2-4,6H2,1H3,(H,14,15,16). The third-order valence-electron chi connectivity index (χ3n) is 4.09. The predicted molar refractivity (Wildman–Crippen MR) is 68.9 cm³/mol. The molecule has 0 aliphatic carbocycles. The molecule has 0 saturated carbocycles. The first-order valence-electron chi connectivity index (χ1n) is 6.54. The Morgan fingerprint density at radius 2 is 2.39 bits per heavy atom. The topological polar surface area (TPSA) is 54.0 Å². The first-order valence-corrected chi connectivity index (χ1v) is 6.54. The number of anilines is 1. The van der Waals surface area contributed by atoms with E-state index in [0.29, 0.717) is 6.04 Å². The largest absolute Gasteiger partial charge is 0.489 e. The number of nitrogens with one attached hydrogen (secondary N) is 1. The van der Waals surface area contributed by atoms with E-state index in [9.17, 15) is 0 Å². The van der Waals surface area contributed by atoms with E-state index in [-0.39, 0.29) is 0 Å². The Kier molecular flexibility index (Phi) is 2.04. The lowest BCUT2D eigenvalue weighted by Gasteiger charge is -2.37. The van der Waals surface area contributed by atoms with Crippen molar-refractivity contribution in [2.24, 2.45) is 5.92 Å². The lowest BCUT2D eigenvalue weighted by Crippen LogP contribution is -2.45. The van der Waals surface area contributed by atoms with Gasteiger partial charge in [0.1, 0.15) is 35.5 Å². The highest BCUT2D eigenvalue weighted by Crippen LogP contribution is 2.38. The smallest absolute Gasteiger partial charge is 0.150 e. The molecular weight excluding hydrogens is 228 g/mol. The van der Waals surface area contributed by atoms with E-state index in [4.69, 9.17) is 4.74 Å². The van der Waals surface area contributed by atoms with Gasteiger partial charge >= 0.3 is 0 Å². The van der Waals surface area contributed by atoms with Crippen LogP contribution in [0.25, 0.3) is 11.0 Å². The molecular formula is C13H16N4O. The van der Waals surface area contributed by atoms with Crippen LogP contribution in [-0.4, -0.2) is 34.1 Å². The van der Waals surface area contributed by atoms with Crippen molar-refractivity contribution in [3.63, 3.8) is 0 Å². The fourth-order valence-electron chi connectivity index (χ4n) is 3.12. The van der Waals surface area contributed by atoms with Gasteiger partial charge in [0.25, 0.3) is 0 Å². The Hall–Kier alpha value is -1.78. The molecule has 2 unspecified atom stereocenters. The highest BCUT2D eigenvalue weighted by molar-refractivity contribution is 5.94. The lowest BCUT2D eigenvalue weighted by molar-refractivity contribution is 0.244. The molecule has 0 amide bonds. The summed E-state index contributed by atoms with van der Waals surface area (Å²) in [6.07, 6.45) is 5.93. The van der Waals surface area contributed by atoms with Gasteiger partial charge in [-0.2, -0.15) is 0 Å². The number of aromatic nitrogens is 3. The quantitative estimate of drug-likeness (QED) is 0.769. The number of piperidine rings is 1. The Bertz CT molecular complexity index is 594. The third-order valence-corrected chi connectivity index (χ3v) is 4.09. The van der Waals surface area contributed by atoms with Crippen LogP contribution in [0.1, 0.15) is 19.8 Å². The van der Waals surface area contributed by atoms with Gasteiger partial charge in [-0.15, -0.1) is 0 Å². The number of aromatic amines is 1. The number of nitrogens with zero attached hydrogens (tertiary/aromatic N) is 3. The van der Waals surface area contributed by atoms with Gasteiger partial charge in [-0.25, -0.2) is 9.97 Å². The van der Waals surface area contributed by atoms with Crippen LogP contribution in [-0.2, 0) is 0 Å². The number of rotatable bonds is 0. The van der Waals surface area contributed by atoms with Gasteiger partial charge < -0.3 is 14.6 Å². The van der Waals surface area contributed by atoms with Crippen molar-refractivity contribution in [1.82, 2.24) is 15.0 Å². The third kappa shape index (κ3) is 1.33.